The normalized spacial score (nSPS) is 25.5. The van der Waals surface area contributed by atoms with Crippen LogP contribution in [0.4, 0.5) is 0 Å². The van der Waals surface area contributed by atoms with Crippen LogP contribution < -0.4 is 0 Å². The van der Waals surface area contributed by atoms with Crippen molar-refractivity contribution in [2.75, 3.05) is 26.0 Å². The summed E-state index contributed by atoms with van der Waals surface area (Å²) in [5, 5.41) is 8.61. The van der Waals surface area contributed by atoms with Gasteiger partial charge in [-0.25, -0.2) is 13.1 Å². The molecule has 0 spiro atoms. The van der Waals surface area contributed by atoms with Crippen LogP contribution in [0.1, 0.15) is 43.1 Å². The molecule has 0 saturated heterocycles. The highest BCUT2D eigenvalue weighted by Crippen LogP contribution is 2.35. The number of fused-ring (bicyclic) bond motifs is 1. The molecule has 8 heteroatoms. The molecule has 0 amide bonds. The summed E-state index contributed by atoms with van der Waals surface area (Å²) in [6, 6.07) is -0.333. The van der Waals surface area contributed by atoms with E-state index >= 15 is 0 Å². The first-order valence-electron chi connectivity index (χ1n) is 8.49. The van der Waals surface area contributed by atoms with Gasteiger partial charge in [0.2, 0.25) is 10.0 Å². The van der Waals surface area contributed by atoms with Crippen LogP contribution in [0.2, 0.25) is 0 Å². The summed E-state index contributed by atoms with van der Waals surface area (Å²) in [5.41, 5.74) is 1.88. The van der Waals surface area contributed by atoms with Crippen molar-refractivity contribution in [1.29, 1.82) is 0 Å². The highest BCUT2D eigenvalue weighted by Gasteiger charge is 2.38. The number of ether oxygens (including phenoxy) is 1. The predicted octanol–water partition coefficient (Wildman–Crippen LogP) is 0.973. The van der Waals surface area contributed by atoms with E-state index in [2.05, 4.69) is 10.3 Å². The molecule has 7 nitrogen and oxygen atoms in total. The van der Waals surface area contributed by atoms with E-state index in [1.807, 2.05) is 4.68 Å². The molecule has 128 valence electrons. The highest BCUT2D eigenvalue weighted by atomic mass is 32.2. The Morgan fingerprint density at radius 2 is 1.91 bits per heavy atom. The van der Waals surface area contributed by atoms with Crippen molar-refractivity contribution in [3.05, 3.63) is 11.4 Å². The van der Waals surface area contributed by atoms with Crippen molar-refractivity contribution in [2.45, 2.75) is 44.7 Å². The van der Waals surface area contributed by atoms with Crippen molar-refractivity contribution < 1.29 is 13.2 Å². The van der Waals surface area contributed by atoms with Crippen LogP contribution in [0.15, 0.2) is 0 Å². The fraction of sp³-hybridized carbons (Fsp3) is 0.867. The quantitative estimate of drug-likeness (QED) is 0.739. The summed E-state index contributed by atoms with van der Waals surface area (Å²) >= 11 is 0. The molecule has 2 saturated carbocycles. The van der Waals surface area contributed by atoms with Gasteiger partial charge >= 0.3 is 0 Å². The van der Waals surface area contributed by atoms with Crippen molar-refractivity contribution in [1.82, 2.24) is 19.3 Å². The molecular weight excluding hydrogens is 316 g/mol. The Morgan fingerprint density at radius 1 is 1.17 bits per heavy atom. The largest absolute Gasteiger partial charge is 0.379 e. The van der Waals surface area contributed by atoms with E-state index in [0.717, 1.165) is 30.5 Å². The lowest BCUT2D eigenvalue weighted by Gasteiger charge is -2.32. The zero-order valence-corrected chi connectivity index (χ0v) is 14.3. The van der Waals surface area contributed by atoms with Crippen molar-refractivity contribution in [3.63, 3.8) is 0 Å². The molecule has 1 aromatic rings. The van der Waals surface area contributed by atoms with Crippen LogP contribution in [0, 0.1) is 11.8 Å². The van der Waals surface area contributed by atoms with Crippen LogP contribution in [0.3, 0.4) is 0 Å². The van der Waals surface area contributed by atoms with E-state index in [1.54, 1.807) is 0 Å². The summed E-state index contributed by atoms with van der Waals surface area (Å²) in [6.45, 7) is 2.50. The average molecular weight is 340 g/mol. The predicted molar refractivity (Wildman–Crippen MR) is 84.3 cm³/mol. The number of hydrogen-bond donors (Lipinski definition) is 0. The maximum absolute atomic E-state index is 12.1. The van der Waals surface area contributed by atoms with Gasteiger partial charge in [-0.05, 0) is 37.5 Å². The minimum atomic E-state index is -3.28. The lowest BCUT2D eigenvalue weighted by atomic mass is 10.1. The number of rotatable bonds is 7. The second kappa shape index (κ2) is 5.82. The Kier molecular flexibility index (Phi) is 3.93. The van der Waals surface area contributed by atoms with Crippen LogP contribution in [-0.2, 0) is 27.7 Å². The molecule has 4 rings (SSSR count). The SMILES string of the molecule is CS(=O)(=O)N1CCc2c(nnn2CC2CC2)[C@H]1COCC1CC1. The zero-order valence-electron chi connectivity index (χ0n) is 13.5. The first-order valence-corrected chi connectivity index (χ1v) is 10.3. The van der Waals surface area contributed by atoms with Gasteiger partial charge in [0.05, 0.1) is 24.6 Å². The van der Waals surface area contributed by atoms with E-state index in [9.17, 15) is 8.42 Å². The van der Waals surface area contributed by atoms with Gasteiger partial charge in [-0.3, -0.25) is 0 Å². The molecule has 1 aromatic heterocycles. The number of hydrogen-bond acceptors (Lipinski definition) is 5. The van der Waals surface area contributed by atoms with Gasteiger partial charge in [0.1, 0.15) is 5.69 Å². The molecule has 2 aliphatic carbocycles. The summed E-state index contributed by atoms with van der Waals surface area (Å²) in [7, 11) is -3.28. The lowest BCUT2D eigenvalue weighted by molar-refractivity contribution is 0.0762. The second-order valence-corrected chi connectivity index (χ2v) is 9.10. The Labute approximate surface area is 137 Å². The monoisotopic (exact) mass is 340 g/mol. The summed E-state index contributed by atoms with van der Waals surface area (Å²) < 4.78 is 33.6. The third-order valence-corrected chi connectivity index (χ3v) is 6.27. The lowest BCUT2D eigenvalue weighted by Crippen LogP contribution is -2.42. The maximum Gasteiger partial charge on any atom is 0.211 e. The van der Waals surface area contributed by atoms with Crippen LogP contribution in [0.5, 0.6) is 0 Å². The maximum atomic E-state index is 12.1. The first-order chi connectivity index (χ1) is 11.0. The molecule has 0 N–H and O–H groups in total. The Bertz CT molecular complexity index is 679. The van der Waals surface area contributed by atoms with E-state index in [0.29, 0.717) is 25.5 Å². The van der Waals surface area contributed by atoms with Gasteiger partial charge in [0.25, 0.3) is 0 Å². The molecular formula is C15H24N4O3S. The minimum Gasteiger partial charge on any atom is -0.379 e. The second-order valence-electron chi connectivity index (χ2n) is 7.17. The topological polar surface area (TPSA) is 77.3 Å². The standard InChI is InChI=1S/C15H24N4O3S/c1-23(20,21)19-7-6-13-15(14(19)10-22-9-12-4-5-12)16-17-18(13)8-11-2-3-11/h11-12,14H,2-10H2,1H3/t14-/m1/s1. The van der Waals surface area contributed by atoms with Gasteiger partial charge in [-0.2, -0.15) is 4.31 Å². The molecule has 3 aliphatic rings. The van der Waals surface area contributed by atoms with Gasteiger partial charge < -0.3 is 4.74 Å². The molecule has 0 aromatic carbocycles. The summed E-state index contributed by atoms with van der Waals surface area (Å²) in [6.07, 6.45) is 6.92. The zero-order chi connectivity index (χ0) is 16.0. The third kappa shape index (κ3) is 3.44. The van der Waals surface area contributed by atoms with Crippen molar-refractivity contribution in [2.24, 2.45) is 11.8 Å². The smallest absolute Gasteiger partial charge is 0.211 e. The molecule has 1 aliphatic heterocycles. The van der Waals surface area contributed by atoms with Gasteiger partial charge in [-0.15, -0.1) is 5.10 Å². The molecule has 2 fully saturated rings. The van der Waals surface area contributed by atoms with Crippen LogP contribution in [0.25, 0.3) is 0 Å². The Balaban J connectivity index is 1.55. The van der Waals surface area contributed by atoms with E-state index in [4.69, 9.17) is 4.74 Å². The fourth-order valence-electron chi connectivity index (χ4n) is 3.25. The molecule has 2 heterocycles. The number of aromatic nitrogens is 3. The van der Waals surface area contributed by atoms with Crippen molar-refractivity contribution in [3.8, 4) is 0 Å². The molecule has 0 radical (unpaired) electrons. The number of sulfonamides is 1. The van der Waals surface area contributed by atoms with E-state index < -0.39 is 10.0 Å². The molecule has 23 heavy (non-hydrogen) atoms. The minimum absolute atomic E-state index is 0.333. The average Bonchev–Trinajstić information content (AvgIpc) is 3.39. The van der Waals surface area contributed by atoms with Crippen molar-refractivity contribution >= 4 is 10.0 Å². The Hall–Kier alpha value is -0.990. The Morgan fingerprint density at radius 3 is 2.57 bits per heavy atom. The summed E-state index contributed by atoms with van der Waals surface area (Å²) in [5.74, 6) is 1.38. The van der Waals surface area contributed by atoms with E-state index in [1.165, 1.54) is 36.2 Å². The highest BCUT2D eigenvalue weighted by molar-refractivity contribution is 7.88. The van der Waals surface area contributed by atoms with Crippen LogP contribution >= 0.6 is 0 Å². The first kappa shape index (κ1) is 15.5. The summed E-state index contributed by atoms with van der Waals surface area (Å²) in [4.78, 5) is 0. The van der Waals surface area contributed by atoms with Crippen LogP contribution in [-0.4, -0.2) is 53.7 Å². The molecule has 0 bridgehead atoms. The van der Waals surface area contributed by atoms with Gasteiger partial charge in [0, 0.05) is 26.1 Å². The third-order valence-electron chi connectivity index (χ3n) is 4.98. The molecule has 1 atom stereocenters. The van der Waals surface area contributed by atoms with E-state index in [-0.39, 0.29) is 6.04 Å². The fourth-order valence-corrected chi connectivity index (χ4v) is 4.30. The number of nitrogens with zero attached hydrogens (tertiary/aromatic N) is 4. The van der Waals surface area contributed by atoms with Gasteiger partial charge in [0.15, 0.2) is 0 Å². The van der Waals surface area contributed by atoms with Gasteiger partial charge in [-0.1, -0.05) is 5.21 Å². The molecule has 0 unspecified atom stereocenters.